The topological polar surface area (TPSA) is 90.5 Å². The molecule has 0 aliphatic carbocycles. The molecule has 1 aliphatic rings. The molecular formula is C25H38N4O3. The smallest absolute Gasteiger partial charge is 0.214 e. The quantitative estimate of drug-likeness (QED) is 0.119. The third kappa shape index (κ3) is 11.5. The summed E-state index contributed by atoms with van der Waals surface area (Å²) < 4.78 is 17.5. The SMILES string of the molecule is C=C(/C=C(\C=C(/C)OC1=NCC(C)=CC=C1)OC(N)NC/C(C)=C\C)OC(CCC)=NC. The van der Waals surface area contributed by atoms with Crippen LogP contribution >= 0.6 is 0 Å². The second-order valence-electron chi connectivity index (χ2n) is 7.42. The van der Waals surface area contributed by atoms with Crippen LogP contribution in [0.1, 0.15) is 47.5 Å². The maximum atomic E-state index is 6.12. The van der Waals surface area contributed by atoms with Gasteiger partial charge in [0.2, 0.25) is 12.2 Å². The zero-order valence-electron chi connectivity index (χ0n) is 20.3. The Balaban J connectivity index is 2.99. The van der Waals surface area contributed by atoms with E-state index in [0.29, 0.717) is 42.2 Å². The summed E-state index contributed by atoms with van der Waals surface area (Å²) in [6, 6.07) is 0. The van der Waals surface area contributed by atoms with E-state index in [1.807, 2.05) is 52.0 Å². The summed E-state index contributed by atoms with van der Waals surface area (Å²) in [6.45, 7) is 15.1. The molecular weight excluding hydrogens is 404 g/mol. The van der Waals surface area contributed by atoms with E-state index in [1.165, 1.54) is 0 Å². The van der Waals surface area contributed by atoms with Crippen molar-refractivity contribution in [2.45, 2.75) is 53.8 Å². The molecule has 1 rings (SSSR count). The zero-order chi connectivity index (χ0) is 23.9. The van der Waals surface area contributed by atoms with E-state index in [4.69, 9.17) is 19.9 Å². The zero-order valence-corrected chi connectivity index (χ0v) is 20.3. The molecule has 1 heterocycles. The average molecular weight is 443 g/mol. The first-order valence-corrected chi connectivity index (χ1v) is 10.8. The van der Waals surface area contributed by atoms with E-state index in [-0.39, 0.29) is 0 Å². The average Bonchev–Trinajstić information content (AvgIpc) is 2.95. The molecule has 0 saturated carbocycles. The Labute approximate surface area is 192 Å². The van der Waals surface area contributed by atoms with E-state index in [0.717, 1.165) is 24.0 Å². The lowest BCUT2D eigenvalue weighted by Crippen LogP contribution is -2.40. The van der Waals surface area contributed by atoms with E-state index in [9.17, 15) is 0 Å². The summed E-state index contributed by atoms with van der Waals surface area (Å²) in [5.41, 5.74) is 8.43. The number of ether oxygens (including phenoxy) is 3. The molecule has 0 spiro atoms. The van der Waals surface area contributed by atoms with Crippen molar-refractivity contribution in [2.75, 3.05) is 20.1 Å². The monoisotopic (exact) mass is 442 g/mol. The molecule has 1 atom stereocenters. The highest BCUT2D eigenvalue weighted by atomic mass is 16.5. The summed E-state index contributed by atoms with van der Waals surface area (Å²) in [5, 5.41) is 3.12. The lowest BCUT2D eigenvalue weighted by Gasteiger charge is -2.18. The standard InChI is InChI=1S/C25H38N4O3/c1-8-11-23(27-7)30-20(5)14-22(32-25(26)29-16-18(3)9-2)15-21(6)31-24-13-10-12-19(4)17-28-24/h9-10,12-15,25,29H,5,8,11,16-17,26H2,1-4,6-7H3/b18-9-,21-15+,22-14+,27-23?. The van der Waals surface area contributed by atoms with Crippen LogP contribution in [0.3, 0.4) is 0 Å². The Morgan fingerprint density at radius 1 is 1.38 bits per heavy atom. The van der Waals surface area contributed by atoms with Crippen molar-refractivity contribution >= 4 is 11.8 Å². The van der Waals surface area contributed by atoms with Crippen LogP contribution in [0.5, 0.6) is 0 Å². The fourth-order valence-electron chi connectivity index (χ4n) is 2.49. The largest absolute Gasteiger partial charge is 0.462 e. The van der Waals surface area contributed by atoms with Crippen molar-refractivity contribution in [3.05, 3.63) is 71.5 Å². The first-order chi connectivity index (χ1) is 15.3. The molecule has 176 valence electrons. The van der Waals surface area contributed by atoms with Gasteiger partial charge in [0.05, 0.1) is 6.54 Å². The highest BCUT2D eigenvalue weighted by Gasteiger charge is 2.09. The Kier molecular flexibility index (Phi) is 12.7. The first kappa shape index (κ1) is 27.1. The van der Waals surface area contributed by atoms with Crippen LogP contribution in [-0.2, 0) is 14.2 Å². The normalized spacial score (nSPS) is 16.7. The molecule has 0 bridgehead atoms. The second-order valence-corrected chi connectivity index (χ2v) is 7.42. The van der Waals surface area contributed by atoms with Crippen molar-refractivity contribution in [3.63, 3.8) is 0 Å². The van der Waals surface area contributed by atoms with E-state index >= 15 is 0 Å². The van der Waals surface area contributed by atoms with Crippen LogP contribution in [0.15, 0.2) is 81.4 Å². The third-order valence-corrected chi connectivity index (χ3v) is 4.32. The summed E-state index contributed by atoms with van der Waals surface area (Å²) in [5.74, 6) is 2.54. The summed E-state index contributed by atoms with van der Waals surface area (Å²) in [4.78, 5) is 8.59. The predicted octanol–water partition coefficient (Wildman–Crippen LogP) is 4.88. The van der Waals surface area contributed by atoms with Crippen LogP contribution in [0.25, 0.3) is 0 Å². The molecule has 3 N–H and O–H groups in total. The van der Waals surface area contributed by atoms with Gasteiger partial charge in [-0.05, 0) is 34.1 Å². The molecule has 7 nitrogen and oxygen atoms in total. The number of rotatable bonds is 11. The van der Waals surface area contributed by atoms with Crippen LogP contribution < -0.4 is 11.1 Å². The Hall–Kier alpha value is -2.90. The lowest BCUT2D eigenvalue weighted by molar-refractivity contribution is 0.101. The Bertz CT molecular complexity index is 845. The van der Waals surface area contributed by atoms with Gasteiger partial charge in [-0.2, -0.15) is 0 Å². The Morgan fingerprint density at radius 2 is 2.12 bits per heavy atom. The molecule has 0 aromatic heterocycles. The maximum Gasteiger partial charge on any atom is 0.214 e. The van der Waals surface area contributed by atoms with Gasteiger partial charge in [-0.3, -0.25) is 16.0 Å². The van der Waals surface area contributed by atoms with Crippen molar-refractivity contribution in [2.24, 2.45) is 15.7 Å². The summed E-state index contributed by atoms with van der Waals surface area (Å²) >= 11 is 0. The summed E-state index contributed by atoms with van der Waals surface area (Å²) in [7, 11) is 1.69. The van der Waals surface area contributed by atoms with Crippen LogP contribution in [-0.4, -0.2) is 38.3 Å². The molecule has 0 amide bonds. The van der Waals surface area contributed by atoms with Gasteiger partial charge in [0.15, 0.2) is 5.90 Å². The fraction of sp³-hybridized carbons (Fsp3) is 0.440. The third-order valence-electron chi connectivity index (χ3n) is 4.32. The predicted molar refractivity (Wildman–Crippen MR) is 133 cm³/mol. The molecule has 1 unspecified atom stereocenters. The van der Waals surface area contributed by atoms with E-state index in [1.54, 1.807) is 19.2 Å². The summed E-state index contributed by atoms with van der Waals surface area (Å²) in [6.07, 6.45) is 12.1. The molecule has 1 aliphatic heterocycles. The van der Waals surface area contributed by atoms with E-state index < -0.39 is 6.35 Å². The highest BCUT2D eigenvalue weighted by Crippen LogP contribution is 2.13. The van der Waals surface area contributed by atoms with Gasteiger partial charge in [0.1, 0.15) is 17.3 Å². The Morgan fingerprint density at radius 3 is 2.78 bits per heavy atom. The minimum absolute atomic E-state index is 0.390. The molecule has 0 saturated heterocycles. The van der Waals surface area contributed by atoms with Gasteiger partial charge < -0.3 is 14.2 Å². The minimum atomic E-state index is -0.732. The molecule has 0 radical (unpaired) electrons. The van der Waals surface area contributed by atoms with Crippen molar-refractivity contribution < 1.29 is 14.2 Å². The lowest BCUT2D eigenvalue weighted by atomic mass is 10.3. The van der Waals surface area contributed by atoms with Crippen LogP contribution in [0.4, 0.5) is 0 Å². The molecule has 0 aromatic carbocycles. The van der Waals surface area contributed by atoms with Gasteiger partial charge in [-0.1, -0.05) is 42.9 Å². The first-order valence-electron chi connectivity index (χ1n) is 10.8. The fourth-order valence-corrected chi connectivity index (χ4v) is 2.49. The van der Waals surface area contributed by atoms with Crippen molar-refractivity contribution in [1.29, 1.82) is 0 Å². The molecule has 0 aromatic rings. The number of nitrogens with zero attached hydrogens (tertiary/aromatic N) is 2. The number of allylic oxidation sites excluding steroid dienone is 6. The molecule has 7 heteroatoms. The van der Waals surface area contributed by atoms with E-state index in [2.05, 4.69) is 28.8 Å². The van der Waals surface area contributed by atoms with Crippen LogP contribution in [0.2, 0.25) is 0 Å². The number of hydrogen-bond donors (Lipinski definition) is 2. The highest BCUT2D eigenvalue weighted by molar-refractivity contribution is 5.89. The molecule has 32 heavy (non-hydrogen) atoms. The molecule has 0 fully saturated rings. The number of nitrogens with one attached hydrogen (secondary N) is 1. The van der Waals surface area contributed by atoms with Gasteiger partial charge in [-0.25, -0.2) is 4.99 Å². The van der Waals surface area contributed by atoms with Gasteiger partial charge in [0, 0.05) is 38.2 Å². The number of aliphatic imine (C=N–C) groups is 2. The minimum Gasteiger partial charge on any atom is -0.462 e. The van der Waals surface area contributed by atoms with Crippen molar-refractivity contribution in [1.82, 2.24) is 5.32 Å². The van der Waals surface area contributed by atoms with Gasteiger partial charge in [0.25, 0.3) is 0 Å². The van der Waals surface area contributed by atoms with Crippen LogP contribution in [0, 0.1) is 0 Å². The van der Waals surface area contributed by atoms with Gasteiger partial charge in [-0.15, -0.1) is 0 Å². The number of hydrogen-bond acceptors (Lipinski definition) is 7. The van der Waals surface area contributed by atoms with Crippen molar-refractivity contribution in [3.8, 4) is 0 Å². The van der Waals surface area contributed by atoms with Gasteiger partial charge >= 0.3 is 0 Å². The second kappa shape index (κ2) is 15.0. The number of nitrogens with two attached hydrogens (primary N) is 1. The maximum absolute atomic E-state index is 6.12.